The summed E-state index contributed by atoms with van der Waals surface area (Å²) in [6, 6.07) is 2.57. The highest BCUT2D eigenvalue weighted by Crippen LogP contribution is 2.17. The Labute approximate surface area is 75.9 Å². The highest BCUT2D eigenvalue weighted by molar-refractivity contribution is 7.99. The summed E-state index contributed by atoms with van der Waals surface area (Å²) in [6.07, 6.45) is 2.89. The Balaban J connectivity index is 1.74. The Morgan fingerprint density at radius 1 is 1.75 bits per heavy atom. The molecule has 1 aliphatic rings. The fourth-order valence-electron chi connectivity index (χ4n) is 1.27. The number of nitrogens with one attached hydrogen (secondary N) is 1. The van der Waals surface area contributed by atoms with E-state index < -0.39 is 0 Å². The summed E-state index contributed by atoms with van der Waals surface area (Å²) >= 11 is 2.01. The van der Waals surface area contributed by atoms with Gasteiger partial charge in [0.05, 0.1) is 5.69 Å². The molecule has 1 atom stereocenters. The molecule has 0 bridgehead atoms. The van der Waals surface area contributed by atoms with Gasteiger partial charge >= 0.3 is 0 Å². The van der Waals surface area contributed by atoms with Crippen molar-refractivity contribution in [2.45, 2.75) is 19.0 Å². The van der Waals surface area contributed by atoms with Crippen LogP contribution in [0.4, 0.5) is 0 Å². The van der Waals surface area contributed by atoms with Crippen molar-refractivity contribution in [3.8, 4) is 0 Å². The predicted octanol–water partition coefficient (Wildman–Crippen LogP) is 1.27. The molecule has 2 rings (SSSR count). The molecular weight excluding hydrogens is 172 g/mol. The van der Waals surface area contributed by atoms with Gasteiger partial charge in [-0.3, -0.25) is 0 Å². The molecule has 12 heavy (non-hydrogen) atoms. The second-order valence-electron chi connectivity index (χ2n) is 2.93. The quantitative estimate of drug-likeness (QED) is 0.767. The zero-order chi connectivity index (χ0) is 8.23. The molecule has 0 aromatic carbocycles. The number of aromatic nitrogens is 1. The van der Waals surface area contributed by atoms with Crippen LogP contribution in [-0.4, -0.2) is 22.7 Å². The highest BCUT2D eigenvalue weighted by Gasteiger charge is 2.14. The number of hydrogen-bond donors (Lipinski definition) is 1. The first-order valence-corrected chi connectivity index (χ1v) is 5.31. The Morgan fingerprint density at radius 3 is 3.42 bits per heavy atom. The van der Waals surface area contributed by atoms with Crippen LogP contribution in [0.3, 0.4) is 0 Å². The molecule has 66 valence electrons. The van der Waals surface area contributed by atoms with Crippen molar-refractivity contribution in [3.63, 3.8) is 0 Å². The lowest BCUT2D eigenvalue weighted by Gasteiger charge is -2.08. The molecule has 0 saturated carbocycles. The minimum absolute atomic E-state index is 0.673. The van der Waals surface area contributed by atoms with E-state index in [0.717, 1.165) is 12.2 Å². The molecule has 0 spiro atoms. The highest BCUT2D eigenvalue weighted by atomic mass is 32.2. The van der Waals surface area contributed by atoms with Crippen LogP contribution >= 0.6 is 11.8 Å². The van der Waals surface area contributed by atoms with E-state index in [2.05, 4.69) is 10.5 Å². The Morgan fingerprint density at radius 2 is 2.75 bits per heavy atom. The molecule has 2 heterocycles. The Hall–Kier alpha value is -0.480. The van der Waals surface area contributed by atoms with Crippen LogP contribution in [0.2, 0.25) is 0 Å². The van der Waals surface area contributed by atoms with Crippen molar-refractivity contribution < 1.29 is 4.52 Å². The van der Waals surface area contributed by atoms with Gasteiger partial charge in [0.25, 0.3) is 0 Å². The second-order valence-corrected chi connectivity index (χ2v) is 4.08. The summed E-state index contributed by atoms with van der Waals surface area (Å²) in [5.41, 5.74) is 0.993. The average molecular weight is 184 g/mol. The minimum Gasteiger partial charge on any atom is -0.364 e. The monoisotopic (exact) mass is 184 g/mol. The van der Waals surface area contributed by atoms with Gasteiger partial charge in [-0.1, -0.05) is 5.16 Å². The largest absolute Gasteiger partial charge is 0.364 e. The van der Waals surface area contributed by atoms with Gasteiger partial charge in [-0.15, -0.1) is 0 Å². The van der Waals surface area contributed by atoms with Crippen molar-refractivity contribution in [3.05, 3.63) is 18.0 Å². The second kappa shape index (κ2) is 3.96. The third kappa shape index (κ3) is 2.01. The molecule has 1 aromatic rings. The topological polar surface area (TPSA) is 38.1 Å². The van der Waals surface area contributed by atoms with Crippen molar-refractivity contribution in [2.24, 2.45) is 0 Å². The molecule has 1 N–H and O–H groups in total. The van der Waals surface area contributed by atoms with E-state index in [4.69, 9.17) is 4.52 Å². The molecule has 1 unspecified atom stereocenters. The van der Waals surface area contributed by atoms with Crippen LogP contribution in [0.25, 0.3) is 0 Å². The zero-order valence-corrected chi connectivity index (χ0v) is 7.64. The summed E-state index contributed by atoms with van der Waals surface area (Å²) in [5, 5.41) is 7.27. The maximum Gasteiger partial charge on any atom is 0.124 e. The lowest BCUT2D eigenvalue weighted by atomic mass is 10.2. The lowest BCUT2D eigenvalue weighted by Crippen LogP contribution is -2.28. The molecule has 0 aliphatic carbocycles. The maximum atomic E-state index is 4.73. The lowest BCUT2D eigenvalue weighted by molar-refractivity contribution is 0.405. The molecule has 3 nitrogen and oxygen atoms in total. The third-order valence-electron chi connectivity index (χ3n) is 1.99. The van der Waals surface area contributed by atoms with Gasteiger partial charge in [0.2, 0.25) is 0 Å². The van der Waals surface area contributed by atoms with E-state index in [1.54, 1.807) is 6.26 Å². The minimum atomic E-state index is 0.673. The predicted molar refractivity (Wildman–Crippen MR) is 49.1 cm³/mol. The summed E-state index contributed by atoms with van der Waals surface area (Å²) in [5.74, 6) is 2.52. The van der Waals surface area contributed by atoms with Crippen molar-refractivity contribution in [1.82, 2.24) is 10.5 Å². The average Bonchev–Trinajstić information content (AvgIpc) is 2.74. The van der Waals surface area contributed by atoms with Crippen molar-refractivity contribution >= 4 is 11.8 Å². The van der Waals surface area contributed by atoms with E-state index in [1.165, 1.54) is 17.9 Å². The van der Waals surface area contributed by atoms with Crippen LogP contribution in [0.1, 0.15) is 12.1 Å². The summed E-state index contributed by atoms with van der Waals surface area (Å²) in [4.78, 5) is 0. The summed E-state index contributed by atoms with van der Waals surface area (Å²) in [6.45, 7) is 0.835. The van der Waals surface area contributed by atoms with Crippen molar-refractivity contribution in [2.75, 3.05) is 11.5 Å². The first kappa shape index (κ1) is 8.13. The van der Waals surface area contributed by atoms with Crippen LogP contribution in [0.5, 0.6) is 0 Å². The number of rotatable bonds is 3. The summed E-state index contributed by atoms with van der Waals surface area (Å²) < 4.78 is 4.73. The van der Waals surface area contributed by atoms with E-state index in [-0.39, 0.29) is 0 Å². The molecule has 4 heteroatoms. The van der Waals surface area contributed by atoms with Crippen LogP contribution < -0.4 is 5.32 Å². The van der Waals surface area contributed by atoms with Crippen LogP contribution in [0, 0.1) is 0 Å². The number of nitrogens with zero attached hydrogens (tertiary/aromatic N) is 1. The van der Waals surface area contributed by atoms with Gasteiger partial charge in [-0.2, -0.15) is 11.8 Å². The molecular formula is C8H12N2OS. The normalized spacial score (nSPS) is 23.2. The molecule has 1 aliphatic heterocycles. The van der Waals surface area contributed by atoms with Crippen LogP contribution in [-0.2, 0) is 6.54 Å². The van der Waals surface area contributed by atoms with E-state index in [0.29, 0.717) is 6.04 Å². The molecule has 0 amide bonds. The molecule has 1 fully saturated rings. The SMILES string of the molecule is c1cc(CNC2CCSC2)no1. The van der Waals surface area contributed by atoms with E-state index >= 15 is 0 Å². The number of hydrogen-bond acceptors (Lipinski definition) is 4. The third-order valence-corrected chi connectivity index (χ3v) is 3.16. The summed E-state index contributed by atoms with van der Waals surface area (Å²) in [7, 11) is 0. The van der Waals surface area contributed by atoms with Crippen LogP contribution in [0.15, 0.2) is 16.9 Å². The molecule has 0 radical (unpaired) electrons. The number of thioether (sulfide) groups is 1. The van der Waals surface area contributed by atoms with Gasteiger partial charge in [0.15, 0.2) is 0 Å². The molecule has 1 saturated heterocycles. The van der Waals surface area contributed by atoms with E-state index in [1.807, 2.05) is 17.8 Å². The van der Waals surface area contributed by atoms with Crippen molar-refractivity contribution in [1.29, 1.82) is 0 Å². The van der Waals surface area contributed by atoms with E-state index in [9.17, 15) is 0 Å². The zero-order valence-electron chi connectivity index (χ0n) is 6.82. The standard InChI is InChI=1S/C8H12N2OS/c1-3-11-10-7(1)5-9-8-2-4-12-6-8/h1,3,8-9H,2,4-6H2. The van der Waals surface area contributed by atoms with Gasteiger partial charge < -0.3 is 9.84 Å². The Kier molecular flexibility index (Phi) is 2.68. The van der Waals surface area contributed by atoms with Gasteiger partial charge in [-0.25, -0.2) is 0 Å². The fraction of sp³-hybridized carbons (Fsp3) is 0.625. The first-order chi connectivity index (χ1) is 5.95. The van der Waals surface area contributed by atoms with Gasteiger partial charge in [0.1, 0.15) is 6.26 Å². The first-order valence-electron chi connectivity index (χ1n) is 4.15. The molecule has 1 aromatic heterocycles. The van der Waals surface area contributed by atoms with Gasteiger partial charge in [-0.05, 0) is 12.2 Å². The fourth-order valence-corrected chi connectivity index (χ4v) is 2.46. The maximum absolute atomic E-state index is 4.73. The Bertz CT molecular complexity index is 219. The van der Waals surface area contributed by atoms with Gasteiger partial charge in [0, 0.05) is 24.4 Å². The smallest absolute Gasteiger partial charge is 0.124 e.